The van der Waals surface area contributed by atoms with E-state index in [-0.39, 0.29) is 5.91 Å². The molecule has 1 unspecified atom stereocenters. The van der Waals surface area contributed by atoms with Crippen molar-refractivity contribution in [3.05, 3.63) is 23.9 Å². The summed E-state index contributed by atoms with van der Waals surface area (Å²) in [6.07, 6.45) is 3.24. The summed E-state index contributed by atoms with van der Waals surface area (Å²) >= 11 is 0. The van der Waals surface area contributed by atoms with E-state index < -0.39 is 0 Å². The summed E-state index contributed by atoms with van der Waals surface area (Å²) < 4.78 is 5.47. The van der Waals surface area contributed by atoms with Crippen LogP contribution in [0.25, 0.3) is 0 Å². The number of hydrogen-bond acceptors (Lipinski definition) is 4. The second-order valence-electron chi connectivity index (χ2n) is 5.60. The van der Waals surface area contributed by atoms with Crippen molar-refractivity contribution in [3.63, 3.8) is 0 Å². The summed E-state index contributed by atoms with van der Waals surface area (Å²) in [5, 5.41) is 3.21. The zero-order chi connectivity index (χ0) is 15.1. The van der Waals surface area contributed by atoms with Crippen molar-refractivity contribution in [3.8, 4) is 0 Å². The third-order valence-electron chi connectivity index (χ3n) is 3.66. The van der Waals surface area contributed by atoms with Crippen molar-refractivity contribution in [2.45, 2.75) is 26.2 Å². The van der Waals surface area contributed by atoms with Crippen LogP contribution in [-0.4, -0.2) is 49.1 Å². The van der Waals surface area contributed by atoms with Crippen LogP contribution in [0.1, 0.15) is 36.7 Å². The lowest BCUT2D eigenvalue weighted by molar-refractivity contribution is 0.0387. The van der Waals surface area contributed by atoms with Gasteiger partial charge in [0.05, 0.1) is 6.61 Å². The fourth-order valence-corrected chi connectivity index (χ4v) is 2.52. The SMILES string of the molecule is CCCNc1cccc(C(=O)N(C)CC2CCCOC2)n1. The highest BCUT2D eigenvalue weighted by atomic mass is 16.5. The maximum atomic E-state index is 12.4. The van der Waals surface area contributed by atoms with Gasteiger partial charge in [-0.25, -0.2) is 4.98 Å². The van der Waals surface area contributed by atoms with Gasteiger partial charge < -0.3 is 15.0 Å². The van der Waals surface area contributed by atoms with E-state index >= 15 is 0 Å². The Morgan fingerprint density at radius 1 is 1.52 bits per heavy atom. The second-order valence-corrected chi connectivity index (χ2v) is 5.60. The van der Waals surface area contributed by atoms with Gasteiger partial charge in [0.1, 0.15) is 11.5 Å². The first-order chi connectivity index (χ1) is 10.2. The summed E-state index contributed by atoms with van der Waals surface area (Å²) in [4.78, 5) is 18.6. The standard InChI is InChI=1S/C16H25N3O2/c1-3-9-17-15-8-4-7-14(18-15)16(20)19(2)11-13-6-5-10-21-12-13/h4,7-8,13H,3,5-6,9-12H2,1-2H3,(H,17,18). The minimum Gasteiger partial charge on any atom is -0.381 e. The molecule has 1 aliphatic heterocycles. The Morgan fingerprint density at radius 2 is 2.38 bits per heavy atom. The molecule has 1 aromatic heterocycles. The van der Waals surface area contributed by atoms with Crippen molar-refractivity contribution in [2.75, 3.05) is 38.7 Å². The third kappa shape index (κ3) is 4.70. The lowest BCUT2D eigenvalue weighted by atomic mass is 10.0. The van der Waals surface area contributed by atoms with Crippen molar-refractivity contribution in [2.24, 2.45) is 5.92 Å². The Kier molecular flexibility index (Phi) is 5.99. The molecule has 5 heteroatoms. The van der Waals surface area contributed by atoms with Gasteiger partial charge in [-0.2, -0.15) is 0 Å². The van der Waals surface area contributed by atoms with Crippen molar-refractivity contribution >= 4 is 11.7 Å². The topological polar surface area (TPSA) is 54.5 Å². The number of nitrogens with zero attached hydrogens (tertiary/aromatic N) is 2. The van der Waals surface area contributed by atoms with E-state index in [1.807, 2.05) is 19.2 Å². The summed E-state index contributed by atoms with van der Waals surface area (Å²) in [6, 6.07) is 5.53. The third-order valence-corrected chi connectivity index (χ3v) is 3.66. The number of anilines is 1. The highest BCUT2D eigenvalue weighted by molar-refractivity contribution is 5.92. The lowest BCUT2D eigenvalue weighted by Crippen LogP contribution is -2.35. The van der Waals surface area contributed by atoms with E-state index in [0.29, 0.717) is 11.6 Å². The van der Waals surface area contributed by atoms with Crippen LogP contribution in [0, 0.1) is 5.92 Å². The molecule has 1 saturated heterocycles. The molecule has 0 radical (unpaired) electrons. The number of ether oxygens (including phenoxy) is 1. The predicted octanol–water partition coefficient (Wildman–Crippen LogP) is 2.40. The van der Waals surface area contributed by atoms with Gasteiger partial charge in [0.2, 0.25) is 0 Å². The van der Waals surface area contributed by atoms with E-state index in [0.717, 1.165) is 51.4 Å². The summed E-state index contributed by atoms with van der Waals surface area (Å²) in [6.45, 7) is 5.29. The van der Waals surface area contributed by atoms with Gasteiger partial charge in [0, 0.05) is 26.7 Å². The largest absolute Gasteiger partial charge is 0.381 e. The van der Waals surface area contributed by atoms with Crippen LogP contribution >= 0.6 is 0 Å². The molecule has 1 aromatic rings. The number of aromatic nitrogens is 1. The smallest absolute Gasteiger partial charge is 0.272 e. The highest BCUT2D eigenvalue weighted by Gasteiger charge is 2.20. The van der Waals surface area contributed by atoms with E-state index in [9.17, 15) is 4.79 Å². The fraction of sp³-hybridized carbons (Fsp3) is 0.625. The maximum Gasteiger partial charge on any atom is 0.272 e. The van der Waals surface area contributed by atoms with Gasteiger partial charge in [-0.1, -0.05) is 13.0 Å². The predicted molar refractivity (Wildman–Crippen MR) is 83.5 cm³/mol. The number of rotatable bonds is 6. The number of carbonyl (C=O) groups is 1. The minimum atomic E-state index is -0.0271. The molecule has 0 bridgehead atoms. The number of carbonyl (C=O) groups excluding carboxylic acids is 1. The Bertz CT molecular complexity index is 459. The van der Waals surface area contributed by atoms with Crippen molar-refractivity contribution < 1.29 is 9.53 Å². The average molecular weight is 291 g/mol. The normalized spacial score (nSPS) is 18.3. The molecule has 1 amide bonds. The number of nitrogens with one attached hydrogen (secondary N) is 1. The zero-order valence-corrected chi connectivity index (χ0v) is 13.0. The molecule has 1 fully saturated rings. The molecule has 1 aliphatic rings. The van der Waals surface area contributed by atoms with Gasteiger partial charge in [0.25, 0.3) is 5.91 Å². The first-order valence-electron chi connectivity index (χ1n) is 7.75. The van der Waals surface area contributed by atoms with Gasteiger partial charge in [-0.15, -0.1) is 0 Å². The van der Waals surface area contributed by atoms with Gasteiger partial charge in [0.15, 0.2) is 0 Å². The Hall–Kier alpha value is -1.62. The zero-order valence-electron chi connectivity index (χ0n) is 13.0. The molecule has 1 N–H and O–H groups in total. The molecule has 0 aliphatic carbocycles. The first-order valence-corrected chi connectivity index (χ1v) is 7.75. The molecule has 21 heavy (non-hydrogen) atoms. The van der Waals surface area contributed by atoms with Crippen LogP contribution in [0.2, 0.25) is 0 Å². The lowest BCUT2D eigenvalue weighted by Gasteiger charge is -2.27. The summed E-state index contributed by atoms with van der Waals surface area (Å²) in [7, 11) is 1.84. The Balaban J connectivity index is 1.94. The molecule has 2 rings (SSSR count). The Labute approximate surface area is 126 Å². The molecule has 5 nitrogen and oxygen atoms in total. The molecule has 1 atom stereocenters. The molecular formula is C16H25N3O2. The summed E-state index contributed by atoms with van der Waals surface area (Å²) in [5.41, 5.74) is 0.496. The van der Waals surface area contributed by atoms with Crippen LogP contribution in [-0.2, 0) is 4.74 Å². The van der Waals surface area contributed by atoms with Crippen LogP contribution in [0.15, 0.2) is 18.2 Å². The average Bonchev–Trinajstić information content (AvgIpc) is 2.53. The van der Waals surface area contributed by atoms with E-state index in [2.05, 4.69) is 17.2 Å². The minimum absolute atomic E-state index is 0.0271. The van der Waals surface area contributed by atoms with Crippen LogP contribution in [0.3, 0.4) is 0 Å². The fourth-order valence-electron chi connectivity index (χ4n) is 2.52. The monoisotopic (exact) mass is 291 g/mol. The van der Waals surface area contributed by atoms with E-state index in [1.54, 1.807) is 11.0 Å². The highest BCUT2D eigenvalue weighted by Crippen LogP contribution is 2.15. The van der Waals surface area contributed by atoms with Crippen LogP contribution in [0.5, 0.6) is 0 Å². The molecule has 0 saturated carbocycles. The summed E-state index contributed by atoms with van der Waals surface area (Å²) in [5.74, 6) is 1.17. The van der Waals surface area contributed by atoms with E-state index in [1.165, 1.54) is 0 Å². The molecule has 116 valence electrons. The van der Waals surface area contributed by atoms with Crippen LogP contribution < -0.4 is 5.32 Å². The van der Waals surface area contributed by atoms with Gasteiger partial charge in [-0.05, 0) is 37.3 Å². The van der Waals surface area contributed by atoms with E-state index in [4.69, 9.17) is 4.74 Å². The van der Waals surface area contributed by atoms with Crippen molar-refractivity contribution in [1.82, 2.24) is 9.88 Å². The number of hydrogen-bond donors (Lipinski definition) is 1. The number of pyridine rings is 1. The molecular weight excluding hydrogens is 266 g/mol. The van der Waals surface area contributed by atoms with Gasteiger partial charge >= 0.3 is 0 Å². The molecule has 0 spiro atoms. The quantitative estimate of drug-likeness (QED) is 0.874. The first kappa shape index (κ1) is 15.8. The number of amides is 1. The maximum absolute atomic E-state index is 12.4. The molecule has 2 heterocycles. The second kappa shape index (κ2) is 7.98. The molecule has 0 aromatic carbocycles. The van der Waals surface area contributed by atoms with Gasteiger partial charge in [-0.3, -0.25) is 4.79 Å². The Morgan fingerprint density at radius 3 is 3.10 bits per heavy atom. The van der Waals surface area contributed by atoms with Crippen molar-refractivity contribution in [1.29, 1.82) is 0 Å². The van der Waals surface area contributed by atoms with Crippen LogP contribution in [0.4, 0.5) is 5.82 Å².